The topological polar surface area (TPSA) is 95.9 Å². The molecule has 2 amide bonds. The molecule has 0 fully saturated rings. The summed E-state index contributed by atoms with van der Waals surface area (Å²) in [6, 6.07) is 7.05. The molecular formula is C15H18N2O5. The molecule has 0 saturated heterocycles. The molecule has 1 heterocycles. The summed E-state index contributed by atoms with van der Waals surface area (Å²) in [6.45, 7) is 0.243. The van der Waals surface area contributed by atoms with Crippen molar-refractivity contribution in [3.63, 3.8) is 0 Å². The van der Waals surface area contributed by atoms with E-state index in [1.54, 1.807) is 24.3 Å². The fraction of sp³-hybridized carbons (Fsp3) is 0.400. The first-order chi connectivity index (χ1) is 10.6. The number of hydrogen-bond donors (Lipinski definition) is 2. The van der Waals surface area contributed by atoms with Crippen LogP contribution in [-0.4, -0.2) is 42.6 Å². The first-order valence-electron chi connectivity index (χ1n) is 7.08. The number of carbonyl (C=O) groups excluding carboxylic acids is 2. The van der Waals surface area contributed by atoms with Gasteiger partial charge in [0.15, 0.2) is 6.61 Å². The molecule has 118 valence electrons. The predicted octanol–water partition coefficient (Wildman–Crippen LogP) is 0.783. The van der Waals surface area contributed by atoms with Gasteiger partial charge in [-0.3, -0.25) is 19.3 Å². The second-order valence-corrected chi connectivity index (χ2v) is 4.94. The molecule has 2 N–H and O–H groups in total. The van der Waals surface area contributed by atoms with Gasteiger partial charge in [-0.1, -0.05) is 12.1 Å². The van der Waals surface area contributed by atoms with Gasteiger partial charge in [-0.05, 0) is 25.0 Å². The minimum Gasteiger partial charge on any atom is -0.482 e. The van der Waals surface area contributed by atoms with Crippen molar-refractivity contribution >= 4 is 23.5 Å². The number of benzene rings is 1. The molecule has 0 bridgehead atoms. The Morgan fingerprint density at radius 2 is 2.05 bits per heavy atom. The molecule has 0 atom stereocenters. The predicted molar refractivity (Wildman–Crippen MR) is 78.8 cm³/mol. The van der Waals surface area contributed by atoms with Gasteiger partial charge in [-0.15, -0.1) is 0 Å². The maximum absolute atomic E-state index is 11.9. The summed E-state index contributed by atoms with van der Waals surface area (Å²) in [5.74, 6) is -0.807. The van der Waals surface area contributed by atoms with Gasteiger partial charge in [0.2, 0.25) is 5.91 Å². The summed E-state index contributed by atoms with van der Waals surface area (Å²) in [6.07, 6.45) is 1.19. The van der Waals surface area contributed by atoms with E-state index in [0.29, 0.717) is 30.8 Å². The molecule has 0 aliphatic carbocycles. The number of unbranched alkanes of at least 4 members (excludes halogenated alkanes) is 1. The Bertz CT molecular complexity index is 573. The smallest absolute Gasteiger partial charge is 0.303 e. The van der Waals surface area contributed by atoms with E-state index in [1.807, 2.05) is 0 Å². The van der Waals surface area contributed by atoms with E-state index in [0.717, 1.165) is 0 Å². The van der Waals surface area contributed by atoms with E-state index in [4.69, 9.17) is 9.84 Å². The van der Waals surface area contributed by atoms with Crippen LogP contribution < -0.4 is 15.0 Å². The average molecular weight is 306 g/mol. The van der Waals surface area contributed by atoms with Crippen LogP contribution in [0.25, 0.3) is 0 Å². The third kappa shape index (κ3) is 4.21. The summed E-state index contributed by atoms with van der Waals surface area (Å²) < 4.78 is 5.30. The Kier molecular flexibility index (Phi) is 5.35. The van der Waals surface area contributed by atoms with Crippen LogP contribution in [0.15, 0.2) is 24.3 Å². The first-order valence-corrected chi connectivity index (χ1v) is 7.08. The van der Waals surface area contributed by atoms with Crippen LogP contribution in [0.4, 0.5) is 5.69 Å². The Morgan fingerprint density at radius 1 is 1.27 bits per heavy atom. The SMILES string of the molecule is O=C(O)CCCCNC(=O)CN1C(=O)COc2ccccc21. The third-order valence-corrected chi connectivity index (χ3v) is 3.25. The average Bonchev–Trinajstić information content (AvgIpc) is 2.49. The lowest BCUT2D eigenvalue weighted by Gasteiger charge is -2.28. The third-order valence-electron chi connectivity index (χ3n) is 3.25. The maximum Gasteiger partial charge on any atom is 0.303 e. The molecule has 1 aromatic carbocycles. The fourth-order valence-electron chi connectivity index (χ4n) is 2.16. The zero-order valence-corrected chi connectivity index (χ0v) is 12.1. The monoisotopic (exact) mass is 306 g/mol. The summed E-state index contributed by atoms with van der Waals surface area (Å²) in [7, 11) is 0. The second-order valence-electron chi connectivity index (χ2n) is 4.94. The Hall–Kier alpha value is -2.57. The number of carboxylic acids is 1. The summed E-state index contributed by atoms with van der Waals surface area (Å²) in [5, 5.41) is 11.2. The largest absolute Gasteiger partial charge is 0.482 e. The van der Waals surface area contributed by atoms with E-state index >= 15 is 0 Å². The van der Waals surface area contributed by atoms with Gasteiger partial charge in [0, 0.05) is 13.0 Å². The van der Waals surface area contributed by atoms with Crippen molar-refractivity contribution in [2.75, 3.05) is 24.6 Å². The summed E-state index contributed by atoms with van der Waals surface area (Å²) in [4.78, 5) is 35.6. The van der Waals surface area contributed by atoms with Gasteiger partial charge >= 0.3 is 5.97 Å². The molecule has 1 aliphatic heterocycles. The Balaban J connectivity index is 1.83. The van der Waals surface area contributed by atoms with Gasteiger partial charge in [0.1, 0.15) is 12.3 Å². The Morgan fingerprint density at radius 3 is 2.82 bits per heavy atom. The number of rotatable bonds is 7. The number of fused-ring (bicyclic) bond motifs is 1. The van der Waals surface area contributed by atoms with Crippen LogP contribution in [0, 0.1) is 0 Å². The number of nitrogens with one attached hydrogen (secondary N) is 1. The highest BCUT2D eigenvalue weighted by molar-refractivity contribution is 6.02. The minimum absolute atomic E-state index is 0.0713. The van der Waals surface area contributed by atoms with E-state index in [2.05, 4.69) is 5.32 Å². The number of hydrogen-bond acceptors (Lipinski definition) is 4. The van der Waals surface area contributed by atoms with Crippen molar-refractivity contribution in [1.82, 2.24) is 5.32 Å². The first kappa shape index (κ1) is 15.8. The van der Waals surface area contributed by atoms with Crippen molar-refractivity contribution < 1.29 is 24.2 Å². The highest BCUT2D eigenvalue weighted by atomic mass is 16.5. The zero-order valence-electron chi connectivity index (χ0n) is 12.1. The van der Waals surface area contributed by atoms with E-state index < -0.39 is 5.97 Å². The molecule has 1 aromatic rings. The van der Waals surface area contributed by atoms with Crippen molar-refractivity contribution in [2.24, 2.45) is 0 Å². The van der Waals surface area contributed by atoms with E-state index in [9.17, 15) is 14.4 Å². The molecule has 22 heavy (non-hydrogen) atoms. The van der Waals surface area contributed by atoms with E-state index in [1.165, 1.54) is 4.90 Å². The second kappa shape index (κ2) is 7.44. The molecule has 0 aromatic heterocycles. The van der Waals surface area contributed by atoms with Crippen LogP contribution in [0.1, 0.15) is 19.3 Å². The van der Waals surface area contributed by atoms with Crippen molar-refractivity contribution in [2.45, 2.75) is 19.3 Å². The number of ether oxygens (including phenoxy) is 1. The molecule has 2 rings (SSSR count). The lowest BCUT2D eigenvalue weighted by Crippen LogP contribution is -2.45. The molecule has 0 saturated carbocycles. The van der Waals surface area contributed by atoms with Gasteiger partial charge < -0.3 is 15.2 Å². The number of amides is 2. The molecule has 7 nitrogen and oxygen atoms in total. The van der Waals surface area contributed by atoms with Crippen molar-refractivity contribution in [3.8, 4) is 5.75 Å². The molecule has 0 spiro atoms. The molecule has 7 heteroatoms. The van der Waals surface area contributed by atoms with Gasteiger partial charge in [-0.2, -0.15) is 0 Å². The molecular weight excluding hydrogens is 288 g/mol. The molecule has 0 radical (unpaired) electrons. The van der Waals surface area contributed by atoms with Crippen LogP contribution in [0.5, 0.6) is 5.75 Å². The highest BCUT2D eigenvalue weighted by Crippen LogP contribution is 2.30. The van der Waals surface area contributed by atoms with Crippen LogP contribution in [0.2, 0.25) is 0 Å². The Labute approximate surface area is 127 Å². The van der Waals surface area contributed by atoms with Crippen LogP contribution in [-0.2, 0) is 14.4 Å². The van der Waals surface area contributed by atoms with Crippen LogP contribution >= 0.6 is 0 Å². The van der Waals surface area contributed by atoms with Crippen molar-refractivity contribution in [1.29, 1.82) is 0 Å². The number of para-hydroxylation sites is 2. The summed E-state index contributed by atoms with van der Waals surface area (Å²) >= 11 is 0. The number of carbonyl (C=O) groups is 3. The van der Waals surface area contributed by atoms with Crippen LogP contribution in [0.3, 0.4) is 0 Å². The zero-order chi connectivity index (χ0) is 15.9. The highest BCUT2D eigenvalue weighted by Gasteiger charge is 2.26. The van der Waals surface area contributed by atoms with Gasteiger partial charge in [-0.25, -0.2) is 0 Å². The lowest BCUT2D eigenvalue weighted by molar-refractivity contribution is -0.137. The maximum atomic E-state index is 11.9. The number of aliphatic carboxylic acids is 1. The summed E-state index contributed by atoms with van der Waals surface area (Å²) in [5.41, 5.74) is 0.583. The van der Waals surface area contributed by atoms with Crippen molar-refractivity contribution in [3.05, 3.63) is 24.3 Å². The van der Waals surface area contributed by atoms with E-state index in [-0.39, 0.29) is 31.4 Å². The normalized spacial score (nSPS) is 13.3. The number of anilines is 1. The fourth-order valence-corrected chi connectivity index (χ4v) is 2.16. The van der Waals surface area contributed by atoms with Gasteiger partial charge in [0.05, 0.1) is 5.69 Å². The molecule has 0 unspecified atom stereocenters. The standard InChI is InChI=1S/C15H18N2O5/c18-13(16-8-4-3-7-15(20)21)9-17-11-5-1-2-6-12(11)22-10-14(17)19/h1-2,5-6H,3-4,7-10H2,(H,16,18)(H,20,21). The lowest BCUT2D eigenvalue weighted by atomic mass is 10.2. The van der Waals surface area contributed by atoms with Gasteiger partial charge in [0.25, 0.3) is 5.91 Å². The number of nitrogens with zero attached hydrogens (tertiary/aromatic N) is 1. The quantitative estimate of drug-likeness (QED) is 0.726. The molecule has 1 aliphatic rings. The minimum atomic E-state index is -0.846. The number of carboxylic acid groups (broad SMARTS) is 1.